The van der Waals surface area contributed by atoms with E-state index in [-0.39, 0.29) is 5.56 Å². The maximum atomic E-state index is 12.4. The molecule has 1 nitrogen and oxygen atoms in total. The van der Waals surface area contributed by atoms with Crippen LogP contribution in [0.15, 0.2) is 12.4 Å². The standard InChI is InChI=1S/C7H5BrF2IN/c8-1-4-2-12-3-5(11)6(4)7(9)10/h2-3,7H,1H2. The molecule has 0 aliphatic rings. The number of nitrogens with zero attached hydrogens (tertiary/aromatic N) is 1. The Labute approximate surface area is 90.8 Å². The predicted octanol–water partition coefficient (Wildman–Crippen LogP) is 3.52. The molecule has 0 atom stereocenters. The summed E-state index contributed by atoms with van der Waals surface area (Å²) < 4.78 is 25.4. The van der Waals surface area contributed by atoms with Crippen LogP contribution >= 0.6 is 38.5 Å². The van der Waals surface area contributed by atoms with E-state index in [4.69, 9.17) is 0 Å². The summed E-state index contributed by atoms with van der Waals surface area (Å²) in [5, 5.41) is 0.413. The van der Waals surface area contributed by atoms with Crippen molar-refractivity contribution in [1.29, 1.82) is 0 Å². The lowest BCUT2D eigenvalue weighted by atomic mass is 10.2. The van der Waals surface area contributed by atoms with Gasteiger partial charge in [-0.15, -0.1) is 0 Å². The van der Waals surface area contributed by atoms with Crippen LogP contribution in [-0.4, -0.2) is 4.98 Å². The van der Waals surface area contributed by atoms with E-state index in [1.54, 1.807) is 0 Å². The second-order valence-electron chi connectivity index (χ2n) is 2.13. The van der Waals surface area contributed by atoms with E-state index in [1.807, 2.05) is 22.6 Å². The molecule has 0 amide bonds. The van der Waals surface area contributed by atoms with Gasteiger partial charge in [0.25, 0.3) is 6.43 Å². The van der Waals surface area contributed by atoms with Crippen molar-refractivity contribution >= 4 is 38.5 Å². The SMILES string of the molecule is FC(F)c1c(I)cncc1CBr. The molecule has 0 radical (unpaired) electrons. The molecule has 1 aromatic heterocycles. The molecule has 0 fully saturated rings. The third kappa shape index (κ3) is 2.12. The molecule has 0 aliphatic carbocycles. The first-order chi connectivity index (χ1) is 5.66. The van der Waals surface area contributed by atoms with Gasteiger partial charge in [0.1, 0.15) is 0 Å². The molecule has 0 aromatic carbocycles. The lowest BCUT2D eigenvalue weighted by Crippen LogP contribution is -1.96. The summed E-state index contributed by atoms with van der Waals surface area (Å²) in [6.45, 7) is 0. The number of hydrogen-bond acceptors (Lipinski definition) is 1. The first-order valence-electron chi connectivity index (χ1n) is 3.13. The quantitative estimate of drug-likeness (QED) is 0.589. The molecule has 1 aromatic rings. The lowest BCUT2D eigenvalue weighted by molar-refractivity contribution is 0.149. The summed E-state index contributed by atoms with van der Waals surface area (Å²) in [6.07, 6.45) is 0.472. The topological polar surface area (TPSA) is 12.9 Å². The van der Waals surface area contributed by atoms with Gasteiger partial charge in [0.15, 0.2) is 0 Å². The number of halogens is 4. The molecule has 0 bridgehead atoms. The highest BCUT2D eigenvalue weighted by atomic mass is 127. The molecule has 1 rings (SSSR count). The van der Waals surface area contributed by atoms with Crippen molar-refractivity contribution in [3.8, 4) is 0 Å². The molecule has 66 valence electrons. The van der Waals surface area contributed by atoms with Crippen LogP contribution in [0.25, 0.3) is 0 Å². The van der Waals surface area contributed by atoms with Gasteiger partial charge in [-0.2, -0.15) is 0 Å². The second kappa shape index (κ2) is 4.45. The second-order valence-corrected chi connectivity index (χ2v) is 3.85. The predicted molar refractivity (Wildman–Crippen MR) is 54.5 cm³/mol. The smallest absolute Gasteiger partial charge is 0.263 e. The normalized spacial score (nSPS) is 10.8. The number of rotatable bonds is 2. The van der Waals surface area contributed by atoms with Crippen molar-refractivity contribution in [2.75, 3.05) is 0 Å². The zero-order valence-electron chi connectivity index (χ0n) is 5.90. The van der Waals surface area contributed by atoms with Crippen molar-refractivity contribution in [2.45, 2.75) is 11.8 Å². The van der Waals surface area contributed by atoms with Crippen LogP contribution in [0.3, 0.4) is 0 Å². The Balaban J connectivity index is 3.20. The van der Waals surface area contributed by atoms with Gasteiger partial charge >= 0.3 is 0 Å². The highest BCUT2D eigenvalue weighted by Crippen LogP contribution is 2.28. The molecule has 0 saturated carbocycles. The molecule has 0 unspecified atom stereocenters. The number of aromatic nitrogens is 1. The monoisotopic (exact) mass is 347 g/mol. The zero-order valence-corrected chi connectivity index (χ0v) is 9.64. The molecule has 0 spiro atoms. The Morgan fingerprint density at radius 2 is 2.17 bits per heavy atom. The number of pyridine rings is 1. The van der Waals surface area contributed by atoms with E-state index in [1.165, 1.54) is 12.4 Å². The van der Waals surface area contributed by atoms with Crippen molar-refractivity contribution in [3.05, 3.63) is 27.1 Å². The van der Waals surface area contributed by atoms with Crippen LogP contribution in [-0.2, 0) is 5.33 Å². The van der Waals surface area contributed by atoms with E-state index in [2.05, 4.69) is 20.9 Å². The minimum Gasteiger partial charge on any atom is -0.263 e. The number of alkyl halides is 3. The molecule has 0 N–H and O–H groups in total. The summed E-state index contributed by atoms with van der Waals surface area (Å²) in [4.78, 5) is 3.83. The Morgan fingerprint density at radius 1 is 1.50 bits per heavy atom. The fraction of sp³-hybridized carbons (Fsp3) is 0.286. The van der Waals surface area contributed by atoms with E-state index in [0.29, 0.717) is 14.5 Å². The van der Waals surface area contributed by atoms with E-state index >= 15 is 0 Å². The van der Waals surface area contributed by atoms with Gasteiger partial charge in [-0.1, -0.05) is 15.9 Å². The van der Waals surface area contributed by atoms with E-state index in [0.717, 1.165) is 0 Å². The summed E-state index contributed by atoms with van der Waals surface area (Å²) in [5.41, 5.74) is 0.638. The first kappa shape index (κ1) is 10.3. The van der Waals surface area contributed by atoms with Gasteiger partial charge in [0.2, 0.25) is 0 Å². The van der Waals surface area contributed by atoms with Crippen LogP contribution in [0.1, 0.15) is 17.6 Å². The molecular formula is C7H5BrF2IN. The van der Waals surface area contributed by atoms with Gasteiger partial charge in [-0.3, -0.25) is 4.98 Å². The highest BCUT2D eigenvalue weighted by molar-refractivity contribution is 14.1. The summed E-state index contributed by atoms with van der Waals surface area (Å²) in [5.74, 6) is 0. The van der Waals surface area contributed by atoms with Crippen molar-refractivity contribution < 1.29 is 8.78 Å². The van der Waals surface area contributed by atoms with Gasteiger partial charge in [-0.25, -0.2) is 8.78 Å². The van der Waals surface area contributed by atoms with Crippen LogP contribution in [0.5, 0.6) is 0 Å². The fourth-order valence-electron chi connectivity index (χ4n) is 0.836. The van der Waals surface area contributed by atoms with Crippen LogP contribution in [0, 0.1) is 3.57 Å². The zero-order chi connectivity index (χ0) is 9.14. The minimum absolute atomic E-state index is 0.0856. The number of hydrogen-bond donors (Lipinski definition) is 0. The third-order valence-corrected chi connectivity index (χ3v) is 2.85. The summed E-state index contributed by atoms with van der Waals surface area (Å²) in [6, 6.07) is 0. The fourth-order valence-corrected chi connectivity index (χ4v) is 2.03. The third-order valence-electron chi connectivity index (χ3n) is 1.38. The molecule has 12 heavy (non-hydrogen) atoms. The molecule has 5 heteroatoms. The minimum atomic E-state index is -2.42. The van der Waals surface area contributed by atoms with Gasteiger partial charge < -0.3 is 0 Å². The average Bonchev–Trinajstić information content (AvgIpc) is 2.03. The van der Waals surface area contributed by atoms with E-state index in [9.17, 15) is 8.78 Å². The molecular weight excluding hydrogens is 343 g/mol. The van der Waals surface area contributed by atoms with Gasteiger partial charge in [-0.05, 0) is 28.2 Å². The average molecular weight is 348 g/mol. The van der Waals surface area contributed by atoms with Crippen molar-refractivity contribution in [1.82, 2.24) is 4.98 Å². The van der Waals surface area contributed by atoms with Crippen LogP contribution < -0.4 is 0 Å². The Bertz CT molecular complexity index is 280. The van der Waals surface area contributed by atoms with Crippen LogP contribution in [0.4, 0.5) is 8.78 Å². The Kier molecular flexibility index (Phi) is 3.82. The summed E-state index contributed by atoms with van der Waals surface area (Å²) in [7, 11) is 0. The molecule has 0 aliphatic heterocycles. The van der Waals surface area contributed by atoms with Crippen molar-refractivity contribution in [2.24, 2.45) is 0 Å². The van der Waals surface area contributed by atoms with E-state index < -0.39 is 6.43 Å². The van der Waals surface area contributed by atoms with Crippen molar-refractivity contribution in [3.63, 3.8) is 0 Å². The maximum Gasteiger partial charge on any atom is 0.265 e. The highest BCUT2D eigenvalue weighted by Gasteiger charge is 2.15. The van der Waals surface area contributed by atoms with Gasteiger partial charge in [0, 0.05) is 26.9 Å². The summed E-state index contributed by atoms with van der Waals surface area (Å²) >= 11 is 5.00. The first-order valence-corrected chi connectivity index (χ1v) is 5.33. The van der Waals surface area contributed by atoms with Crippen LogP contribution in [0.2, 0.25) is 0 Å². The Morgan fingerprint density at radius 3 is 2.58 bits per heavy atom. The Hall–Kier alpha value is 0.220. The molecule has 1 heterocycles. The largest absolute Gasteiger partial charge is 0.265 e. The molecule has 0 saturated heterocycles. The van der Waals surface area contributed by atoms with Gasteiger partial charge in [0.05, 0.1) is 0 Å². The lowest BCUT2D eigenvalue weighted by Gasteiger charge is -2.06. The maximum absolute atomic E-state index is 12.4.